The molecule has 1 aliphatic heterocycles. The van der Waals surface area contributed by atoms with E-state index in [1.165, 1.54) is 23.9 Å². The molecule has 10 heteroatoms. The number of hydrogen-bond donors (Lipinski definition) is 2. The molecule has 2 heterocycles. The predicted molar refractivity (Wildman–Crippen MR) is 144 cm³/mol. The number of nitrogens with zero attached hydrogens (tertiary/aromatic N) is 1. The van der Waals surface area contributed by atoms with E-state index >= 15 is 4.39 Å². The highest BCUT2D eigenvalue weighted by Gasteiger charge is 2.41. The van der Waals surface area contributed by atoms with Crippen molar-refractivity contribution in [2.45, 2.75) is 49.3 Å². The number of hydrogen-bond acceptors (Lipinski definition) is 5. The van der Waals surface area contributed by atoms with Crippen molar-refractivity contribution >= 4 is 28.6 Å². The molecule has 2 aromatic carbocycles. The van der Waals surface area contributed by atoms with Crippen LogP contribution in [0.2, 0.25) is 0 Å². The number of nitrogens with one attached hydrogen (secondary N) is 1. The monoisotopic (exact) mass is 564 g/mol. The fourth-order valence-corrected chi connectivity index (χ4v) is 6.62. The summed E-state index contributed by atoms with van der Waals surface area (Å²) >= 11 is 1.44. The van der Waals surface area contributed by atoms with Gasteiger partial charge in [0.25, 0.3) is 0 Å². The highest BCUT2D eigenvalue weighted by Crippen LogP contribution is 2.47. The topological polar surface area (TPSA) is 71.5 Å². The van der Waals surface area contributed by atoms with Gasteiger partial charge in [-0.25, -0.2) is 4.39 Å². The summed E-state index contributed by atoms with van der Waals surface area (Å²) in [5, 5.41) is 13.6. The number of ether oxygens (including phenoxy) is 1. The molecule has 1 unspecified atom stereocenters. The van der Waals surface area contributed by atoms with Crippen LogP contribution < -0.4 is 10.1 Å². The van der Waals surface area contributed by atoms with Gasteiger partial charge in [-0.1, -0.05) is 0 Å². The minimum atomic E-state index is -4.39. The second-order valence-corrected chi connectivity index (χ2v) is 11.2. The maximum Gasteiger partial charge on any atom is 0.416 e. The van der Waals surface area contributed by atoms with Gasteiger partial charge in [0.05, 0.1) is 18.2 Å². The van der Waals surface area contributed by atoms with Crippen molar-refractivity contribution in [1.29, 1.82) is 0 Å². The summed E-state index contributed by atoms with van der Waals surface area (Å²) in [4.78, 5) is 16.8. The summed E-state index contributed by atoms with van der Waals surface area (Å²) in [5.74, 6) is 0.125. The first kappa shape index (κ1) is 29.1. The Kier molecular flexibility index (Phi) is 9.38. The maximum absolute atomic E-state index is 15.8. The molecule has 1 fully saturated rings. The van der Waals surface area contributed by atoms with Crippen LogP contribution in [-0.2, 0) is 11.0 Å². The molecule has 0 aliphatic carbocycles. The van der Waals surface area contributed by atoms with Gasteiger partial charge in [0.15, 0.2) is 0 Å². The lowest BCUT2D eigenvalue weighted by atomic mass is 9.64. The third kappa shape index (κ3) is 7.22. The number of piperidine rings is 1. The number of methoxy groups -OCH3 is 1. The smallest absolute Gasteiger partial charge is 0.416 e. The first-order valence-electron chi connectivity index (χ1n) is 12.9. The Labute approximate surface area is 229 Å². The summed E-state index contributed by atoms with van der Waals surface area (Å²) in [7, 11) is 1.55. The van der Waals surface area contributed by atoms with Gasteiger partial charge in [-0.15, -0.1) is 11.8 Å². The van der Waals surface area contributed by atoms with E-state index in [4.69, 9.17) is 4.74 Å². The molecule has 0 saturated carbocycles. The van der Waals surface area contributed by atoms with Crippen molar-refractivity contribution in [2.75, 3.05) is 26.0 Å². The molecule has 0 spiro atoms. The number of halogens is 4. The lowest BCUT2D eigenvalue weighted by Crippen LogP contribution is -2.46. The molecule has 5 nitrogen and oxygen atoms in total. The lowest BCUT2D eigenvalue weighted by Gasteiger charge is -2.45. The summed E-state index contributed by atoms with van der Waals surface area (Å²) < 4.78 is 59.9. The SMILES string of the molecule is COc1ccc2nccc(C(F)CC[C@]3(CCSc4ccc(C(F)(F)F)cc4)CCNC[C@@H]3CC(=O)O)c2c1. The molecule has 0 radical (unpaired) electrons. The third-order valence-corrected chi connectivity index (χ3v) is 8.76. The zero-order valence-electron chi connectivity index (χ0n) is 21.6. The molecule has 2 N–H and O–H groups in total. The van der Waals surface area contributed by atoms with Gasteiger partial charge >= 0.3 is 12.1 Å². The number of carboxylic acids is 1. The van der Waals surface area contributed by atoms with Crippen molar-refractivity contribution in [1.82, 2.24) is 10.3 Å². The first-order valence-corrected chi connectivity index (χ1v) is 13.9. The van der Waals surface area contributed by atoms with Gasteiger partial charge in [0, 0.05) is 22.9 Å². The Hall–Kier alpha value is -2.85. The van der Waals surface area contributed by atoms with E-state index in [0.717, 1.165) is 12.1 Å². The first-order chi connectivity index (χ1) is 18.6. The number of carbonyl (C=O) groups is 1. The largest absolute Gasteiger partial charge is 0.497 e. The second kappa shape index (κ2) is 12.6. The molecular weight excluding hydrogens is 532 g/mol. The fourth-order valence-electron chi connectivity index (χ4n) is 5.55. The molecule has 39 heavy (non-hydrogen) atoms. The molecule has 3 aromatic rings. The normalized spacial score (nSPS) is 20.6. The Morgan fingerprint density at radius 3 is 2.67 bits per heavy atom. The summed E-state index contributed by atoms with van der Waals surface area (Å²) in [6.45, 7) is 1.23. The van der Waals surface area contributed by atoms with Crippen LogP contribution in [0, 0.1) is 11.3 Å². The molecule has 1 aromatic heterocycles. The third-order valence-electron chi connectivity index (χ3n) is 7.74. The number of aromatic nitrogens is 1. The number of carboxylic acid groups (broad SMARTS) is 1. The zero-order chi connectivity index (χ0) is 28.0. The number of alkyl halides is 4. The summed E-state index contributed by atoms with van der Waals surface area (Å²) in [6, 6.07) is 12.1. The van der Waals surface area contributed by atoms with Gasteiger partial charge in [0.2, 0.25) is 0 Å². The Bertz CT molecular complexity index is 1270. The average Bonchev–Trinajstić information content (AvgIpc) is 2.92. The van der Waals surface area contributed by atoms with Crippen LogP contribution in [0.15, 0.2) is 59.6 Å². The standard InChI is InChI=1S/C29H32F4N2O3S/c1-38-21-4-7-26-24(17-21)23(9-13-35-26)25(30)8-10-28(11-14-34-18-20(28)16-27(36)37)12-15-39-22-5-2-19(3-6-22)29(31,32)33/h2-7,9,13,17,20,25,34H,8,10-12,14-16,18H2,1H3,(H,36,37)/t20-,25?,28+/m0/s1. The van der Waals surface area contributed by atoms with Crippen LogP contribution in [0.3, 0.4) is 0 Å². The van der Waals surface area contributed by atoms with Crippen LogP contribution >= 0.6 is 11.8 Å². The van der Waals surface area contributed by atoms with Crippen LogP contribution in [0.4, 0.5) is 17.6 Å². The zero-order valence-corrected chi connectivity index (χ0v) is 22.5. The number of benzene rings is 2. The Balaban J connectivity index is 1.51. The predicted octanol–water partition coefficient (Wildman–Crippen LogP) is 7.31. The molecule has 1 aliphatic rings. The van der Waals surface area contributed by atoms with E-state index in [1.807, 2.05) is 0 Å². The van der Waals surface area contributed by atoms with Crippen molar-refractivity contribution < 1.29 is 32.2 Å². The molecule has 4 rings (SSSR count). The van der Waals surface area contributed by atoms with E-state index in [1.54, 1.807) is 37.6 Å². The molecule has 0 bridgehead atoms. The molecule has 1 saturated heterocycles. The van der Waals surface area contributed by atoms with E-state index in [-0.39, 0.29) is 18.8 Å². The number of aliphatic carboxylic acids is 1. The van der Waals surface area contributed by atoms with Crippen molar-refractivity contribution in [3.05, 3.63) is 65.9 Å². The highest BCUT2D eigenvalue weighted by molar-refractivity contribution is 7.99. The van der Waals surface area contributed by atoms with Crippen LogP contribution in [0.25, 0.3) is 10.9 Å². The van der Waals surface area contributed by atoms with E-state index in [2.05, 4.69) is 10.3 Å². The number of rotatable bonds is 11. The van der Waals surface area contributed by atoms with E-state index in [0.29, 0.717) is 65.2 Å². The van der Waals surface area contributed by atoms with Crippen molar-refractivity contribution in [3.63, 3.8) is 0 Å². The lowest BCUT2D eigenvalue weighted by molar-refractivity contribution is -0.140. The van der Waals surface area contributed by atoms with Gasteiger partial charge in [0.1, 0.15) is 11.9 Å². The van der Waals surface area contributed by atoms with Gasteiger partial charge in [-0.3, -0.25) is 9.78 Å². The number of thioether (sulfide) groups is 1. The quantitative estimate of drug-likeness (QED) is 0.188. The minimum Gasteiger partial charge on any atom is -0.497 e. The van der Waals surface area contributed by atoms with Crippen LogP contribution in [0.5, 0.6) is 5.75 Å². The van der Waals surface area contributed by atoms with Gasteiger partial charge in [-0.2, -0.15) is 13.2 Å². The Morgan fingerprint density at radius 2 is 1.97 bits per heavy atom. The summed E-state index contributed by atoms with van der Waals surface area (Å²) in [6.07, 6.45) is -2.04. The molecule has 0 amide bonds. The number of fused-ring (bicyclic) bond motifs is 1. The Morgan fingerprint density at radius 1 is 1.21 bits per heavy atom. The number of pyridine rings is 1. The fraction of sp³-hybridized carbons (Fsp3) is 0.448. The highest BCUT2D eigenvalue weighted by atomic mass is 32.2. The van der Waals surface area contributed by atoms with Gasteiger partial charge < -0.3 is 15.2 Å². The van der Waals surface area contributed by atoms with Crippen molar-refractivity contribution in [2.24, 2.45) is 11.3 Å². The molecular formula is C29H32F4N2O3S. The van der Waals surface area contributed by atoms with E-state index < -0.39 is 29.3 Å². The maximum atomic E-state index is 15.8. The average molecular weight is 565 g/mol. The second-order valence-electron chi connectivity index (χ2n) is 10.0. The van der Waals surface area contributed by atoms with Crippen LogP contribution in [0.1, 0.15) is 49.4 Å². The van der Waals surface area contributed by atoms with Crippen LogP contribution in [-0.4, -0.2) is 42.0 Å². The molecule has 3 atom stereocenters. The van der Waals surface area contributed by atoms with Crippen molar-refractivity contribution in [3.8, 4) is 5.75 Å². The van der Waals surface area contributed by atoms with E-state index in [9.17, 15) is 23.1 Å². The summed E-state index contributed by atoms with van der Waals surface area (Å²) in [5.41, 5.74) is 0.0903. The minimum absolute atomic E-state index is 0.0235. The van der Waals surface area contributed by atoms with Gasteiger partial charge in [-0.05, 0) is 110 Å². The molecule has 210 valence electrons.